The van der Waals surface area contributed by atoms with E-state index in [9.17, 15) is 4.39 Å². The molecular formula is C16H15FN2O. The summed E-state index contributed by atoms with van der Waals surface area (Å²) >= 11 is 0. The molecule has 0 aliphatic rings. The zero-order chi connectivity index (χ0) is 13.9. The van der Waals surface area contributed by atoms with Gasteiger partial charge >= 0.3 is 0 Å². The summed E-state index contributed by atoms with van der Waals surface area (Å²) in [6, 6.07) is 14.2. The molecule has 1 heterocycles. The maximum absolute atomic E-state index is 13.1. The average Bonchev–Trinajstić information content (AvgIpc) is 2.83. The van der Waals surface area contributed by atoms with Gasteiger partial charge in [-0.3, -0.25) is 4.68 Å². The molecule has 0 N–H and O–H groups in total. The molecule has 0 radical (unpaired) electrons. The third kappa shape index (κ3) is 2.37. The average molecular weight is 270 g/mol. The number of ether oxygens (including phenoxy) is 1. The summed E-state index contributed by atoms with van der Waals surface area (Å²) in [5, 5.41) is 5.62. The minimum absolute atomic E-state index is 0.300. The SMILES string of the molecule is CCn1nc(COc2cccc(F)c2)c2ccccc21. The largest absolute Gasteiger partial charge is 0.487 e. The molecular weight excluding hydrogens is 255 g/mol. The number of halogens is 1. The molecule has 2 aromatic carbocycles. The van der Waals surface area contributed by atoms with Crippen molar-refractivity contribution in [1.29, 1.82) is 0 Å². The van der Waals surface area contributed by atoms with E-state index in [1.165, 1.54) is 12.1 Å². The molecule has 20 heavy (non-hydrogen) atoms. The highest BCUT2D eigenvalue weighted by Gasteiger charge is 2.09. The van der Waals surface area contributed by atoms with Gasteiger partial charge in [-0.25, -0.2) is 4.39 Å². The molecule has 0 bridgehead atoms. The highest BCUT2D eigenvalue weighted by Crippen LogP contribution is 2.20. The Morgan fingerprint density at radius 3 is 2.80 bits per heavy atom. The van der Waals surface area contributed by atoms with Crippen LogP contribution in [0.3, 0.4) is 0 Å². The Balaban J connectivity index is 1.88. The van der Waals surface area contributed by atoms with Gasteiger partial charge in [0.05, 0.1) is 5.52 Å². The van der Waals surface area contributed by atoms with Crippen LogP contribution >= 0.6 is 0 Å². The molecule has 0 aliphatic heterocycles. The zero-order valence-electron chi connectivity index (χ0n) is 11.2. The fourth-order valence-corrected chi connectivity index (χ4v) is 2.25. The zero-order valence-corrected chi connectivity index (χ0v) is 11.2. The predicted molar refractivity (Wildman–Crippen MR) is 76.1 cm³/mol. The Hall–Kier alpha value is -2.36. The molecule has 0 aliphatic carbocycles. The molecule has 0 spiro atoms. The molecule has 102 valence electrons. The van der Waals surface area contributed by atoms with Gasteiger partial charge < -0.3 is 4.74 Å². The molecule has 3 nitrogen and oxygen atoms in total. The van der Waals surface area contributed by atoms with Crippen LogP contribution in [0.4, 0.5) is 4.39 Å². The lowest BCUT2D eigenvalue weighted by Gasteiger charge is -2.04. The molecule has 0 saturated carbocycles. The standard InChI is InChI=1S/C16H15FN2O/c1-2-19-16-9-4-3-8-14(16)15(18-19)11-20-13-7-5-6-12(17)10-13/h3-10H,2,11H2,1H3. The Morgan fingerprint density at radius 1 is 1.15 bits per heavy atom. The molecule has 4 heteroatoms. The first kappa shape index (κ1) is 12.7. The minimum atomic E-state index is -0.300. The fourth-order valence-electron chi connectivity index (χ4n) is 2.25. The van der Waals surface area contributed by atoms with E-state index in [1.807, 2.05) is 28.9 Å². The van der Waals surface area contributed by atoms with Gasteiger partial charge in [-0.2, -0.15) is 5.10 Å². The maximum Gasteiger partial charge on any atom is 0.133 e. The number of aromatic nitrogens is 2. The van der Waals surface area contributed by atoms with Crippen molar-refractivity contribution in [2.24, 2.45) is 0 Å². The van der Waals surface area contributed by atoms with Crippen molar-refractivity contribution in [2.75, 3.05) is 0 Å². The van der Waals surface area contributed by atoms with Gasteiger partial charge in [0.1, 0.15) is 23.9 Å². The highest BCUT2D eigenvalue weighted by atomic mass is 19.1. The van der Waals surface area contributed by atoms with Crippen molar-refractivity contribution < 1.29 is 9.13 Å². The lowest BCUT2D eigenvalue weighted by molar-refractivity contribution is 0.299. The summed E-state index contributed by atoms with van der Waals surface area (Å²) in [4.78, 5) is 0. The second kappa shape index (κ2) is 5.33. The van der Waals surface area contributed by atoms with Gasteiger partial charge in [-0.1, -0.05) is 24.3 Å². The third-order valence-corrected chi connectivity index (χ3v) is 3.21. The van der Waals surface area contributed by atoms with E-state index in [4.69, 9.17) is 4.74 Å². The third-order valence-electron chi connectivity index (χ3n) is 3.21. The van der Waals surface area contributed by atoms with Crippen LogP contribution in [0.15, 0.2) is 48.5 Å². The molecule has 1 aromatic heterocycles. The smallest absolute Gasteiger partial charge is 0.133 e. The van der Waals surface area contributed by atoms with Crippen molar-refractivity contribution in [1.82, 2.24) is 9.78 Å². The second-order valence-corrected chi connectivity index (χ2v) is 4.53. The van der Waals surface area contributed by atoms with Crippen LogP contribution in [0.25, 0.3) is 10.9 Å². The maximum atomic E-state index is 13.1. The van der Waals surface area contributed by atoms with Crippen LogP contribution in [-0.4, -0.2) is 9.78 Å². The van der Waals surface area contributed by atoms with Crippen LogP contribution in [0.5, 0.6) is 5.75 Å². The molecule has 0 fully saturated rings. The Kier molecular flexibility index (Phi) is 3.37. The number of para-hydroxylation sites is 1. The molecule has 0 unspecified atom stereocenters. The summed E-state index contributed by atoms with van der Waals surface area (Å²) in [7, 11) is 0. The first-order valence-corrected chi connectivity index (χ1v) is 6.60. The highest BCUT2D eigenvalue weighted by molar-refractivity contribution is 5.81. The van der Waals surface area contributed by atoms with E-state index < -0.39 is 0 Å². The number of nitrogens with zero attached hydrogens (tertiary/aromatic N) is 2. The summed E-state index contributed by atoms with van der Waals surface area (Å²) < 4.78 is 20.7. The number of hydrogen-bond donors (Lipinski definition) is 0. The minimum Gasteiger partial charge on any atom is -0.487 e. The van der Waals surface area contributed by atoms with Crippen molar-refractivity contribution in [3.8, 4) is 5.75 Å². The van der Waals surface area contributed by atoms with Gasteiger partial charge in [0.15, 0.2) is 0 Å². The van der Waals surface area contributed by atoms with Crippen molar-refractivity contribution >= 4 is 10.9 Å². The van der Waals surface area contributed by atoms with Crippen molar-refractivity contribution in [3.63, 3.8) is 0 Å². The van der Waals surface area contributed by atoms with Crippen molar-refractivity contribution in [2.45, 2.75) is 20.1 Å². The molecule has 0 amide bonds. The normalized spacial score (nSPS) is 10.9. The molecule has 0 saturated heterocycles. The van der Waals surface area contributed by atoms with Gasteiger partial charge in [-0.05, 0) is 25.1 Å². The summed E-state index contributed by atoms with van der Waals surface area (Å²) in [5.74, 6) is 0.214. The van der Waals surface area contributed by atoms with E-state index >= 15 is 0 Å². The molecule has 0 atom stereocenters. The van der Waals surface area contributed by atoms with E-state index in [2.05, 4.69) is 12.0 Å². The fraction of sp³-hybridized carbons (Fsp3) is 0.188. The Morgan fingerprint density at radius 2 is 2.00 bits per heavy atom. The predicted octanol–water partition coefficient (Wildman–Crippen LogP) is 3.77. The van der Waals surface area contributed by atoms with E-state index in [-0.39, 0.29) is 5.82 Å². The number of rotatable bonds is 4. The van der Waals surface area contributed by atoms with Gasteiger partial charge in [0.2, 0.25) is 0 Å². The van der Waals surface area contributed by atoms with E-state index in [1.54, 1.807) is 12.1 Å². The monoisotopic (exact) mass is 270 g/mol. The van der Waals surface area contributed by atoms with E-state index in [0.29, 0.717) is 12.4 Å². The topological polar surface area (TPSA) is 27.1 Å². The number of hydrogen-bond acceptors (Lipinski definition) is 2. The number of aryl methyl sites for hydroxylation is 1. The van der Waals surface area contributed by atoms with Crippen molar-refractivity contribution in [3.05, 3.63) is 60.0 Å². The Labute approximate surface area is 116 Å². The molecule has 3 aromatic rings. The first-order chi connectivity index (χ1) is 9.78. The lowest BCUT2D eigenvalue weighted by atomic mass is 10.2. The first-order valence-electron chi connectivity index (χ1n) is 6.60. The second-order valence-electron chi connectivity index (χ2n) is 4.53. The van der Waals surface area contributed by atoms with Crippen LogP contribution in [0, 0.1) is 5.82 Å². The lowest BCUT2D eigenvalue weighted by Crippen LogP contribution is -2.00. The Bertz CT molecular complexity index is 736. The quantitative estimate of drug-likeness (QED) is 0.721. The summed E-state index contributed by atoms with van der Waals surface area (Å²) in [5.41, 5.74) is 1.96. The van der Waals surface area contributed by atoms with Gasteiger partial charge in [0, 0.05) is 18.0 Å². The summed E-state index contributed by atoms with van der Waals surface area (Å²) in [6.07, 6.45) is 0. The van der Waals surface area contributed by atoms with E-state index in [0.717, 1.165) is 23.1 Å². The summed E-state index contributed by atoms with van der Waals surface area (Å²) in [6.45, 7) is 3.19. The number of fused-ring (bicyclic) bond motifs is 1. The van der Waals surface area contributed by atoms with Gasteiger partial charge in [-0.15, -0.1) is 0 Å². The van der Waals surface area contributed by atoms with Crippen LogP contribution in [0.1, 0.15) is 12.6 Å². The van der Waals surface area contributed by atoms with Crippen LogP contribution in [-0.2, 0) is 13.2 Å². The van der Waals surface area contributed by atoms with Crippen LogP contribution < -0.4 is 4.74 Å². The molecule has 3 rings (SSSR count). The van der Waals surface area contributed by atoms with Gasteiger partial charge in [0.25, 0.3) is 0 Å². The van der Waals surface area contributed by atoms with Crippen LogP contribution in [0.2, 0.25) is 0 Å². The number of benzene rings is 2.